The Morgan fingerprint density at radius 2 is 1.50 bits per heavy atom. The fraction of sp³-hybridized carbons (Fsp3) is 0.485. The first kappa shape index (κ1) is 42.9. The highest BCUT2D eigenvalue weighted by atomic mass is 31.2. The molecular formula is C33H45F2N3O12P2. The summed E-state index contributed by atoms with van der Waals surface area (Å²) >= 11 is 0. The van der Waals surface area contributed by atoms with Gasteiger partial charge in [-0.15, -0.1) is 0 Å². The molecule has 2 aromatic carbocycles. The summed E-state index contributed by atoms with van der Waals surface area (Å²) in [4.78, 5) is 27.6. The molecule has 15 nitrogen and oxygen atoms in total. The number of nitrogens with zero attached hydrogens (tertiary/aromatic N) is 2. The molecule has 3 aromatic rings. The van der Waals surface area contributed by atoms with E-state index in [1.807, 2.05) is 18.2 Å². The maximum absolute atomic E-state index is 14.3. The van der Waals surface area contributed by atoms with E-state index in [1.54, 1.807) is 39.8 Å². The maximum Gasteiger partial charge on any atom is 0.475 e. The van der Waals surface area contributed by atoms with Gasteiger partial charge in [0, 0.05) is 31.5 Å². The van der Waals surface area contributed by atoms with Crippen molar-refractivity contribution in [3.63, 3.8) is 0 Å². The number of rotatable bonds is 23. The summed E-state index contributed by atoms with van der Waals surface area (Å²) in [5, 5.41) is 6.29. The molecule has 1 N–H and O–H groups in total. The summed E-state index contributed by atoms with van der Waals surface area (Å²) in [5.74, 6) is -2.23. The molecule has 288 valence electrons. The summed E-state index contributed by atoms with van der Waals surface area (Å²) in [6, 6.07) is 13.2. The molecule has 1 aromatic heterocycles. The average molecular weight is 776 g/mol. The predicted octanol–water partition coefficient (Wildman–Crippen LogP) is 7.78. The topological polar surface area (TPSA) is 174 Å². The molecule has 0 aliphatic rings. The van der Waals surface area contributed by atoms with E-state index >= 15 is 0 Å². The van der Waals surface area contributed by atoms with Gasteiger partial charge in [-0.3, -0.25) is 37.3 Å². The minimum absolute atomic E-state index is 0.0111. The number of ether oxygens (including phenoxy) is 1. The molecule has 0 saturated carbocycles. The minimum Gasteiger partial charge on any atom is -0.447 e. The van der Waals surface area contributed by atoms with Crippen LogP contribution in [0.5, 0.6) is 0 Å². The Hall–Kier alpha value is -3.53. The van der Waals surface area contributed by atoms with E-state index in [9.17, 15) is 27.5 Å². The molecule has 0 spiro atoms. The number of phosphoric ester groups is 2. The third-order valence-corrected chi connectivity index (χ3v) is 10.5. The molecule has 0 radical (unpaired) electrons. The van der Waals surface area contributed by atoms with Crippen LogP contribution in [0.3, 0.4) is 0 Å². The van der Waals surface area contributed by atoms with E-state index in [0.29, 0.717) is 5.76 Å². The lowest BCUT2D eigenvalue weighted by molar-refractivity contribution is -0.133. The Bertz CT molecular complexity index is 1650. The summed E-state index contributed by atoms with van der Waals surface area (Å²) < 4.78 is 97.8. The summed E-state index contributed by atoms with van der Waals surface area (Å²) in [5.41, 5.74) is 0.709. The first-order chi connectivity index (χ1) is 24.9. The van der Waals surface area contributed by atoms with Crippen molar-refractivity contribution < 1.29 is 63.9 Å². The average Bonchev–Trinajstić information content (AvgIpc) is 3.58. The number of amides is 2. The van der Waals surface area contributed by atoms with Crippen LogP contribution in [-0.4, -0.2) is 80.9 Å². The van der Waals surface area contributed by atoms with Crippen molar-refractivity contribution in [1.29, 1.82) is 0 Å². The third kappa shape index (κ3) is 13.5. The molecule has 0 unspecified atom stereocenters. The molecule has 3 rings (SSSR count). The molecule has 1 heterocycles. The van der Waals surface area contributed by atoms with Gasteiger partial charge in [-0.05, 0) is 45.7 Å². The van der Waals surface area contributed by atoms with Gasteiger partial charge in [0.25, 0.3) is 0 Å². The van der Waals surface area contributed by atoms with Gasteiger partial charge < -0.3 is 14.2 Å². The van der Waals surface area contributed by atoms with Crippen LogP contribution >= 0.6 is 15.6 Å². The van der Waals surface area contributed by atoms with Crippen molar-refractivity contribution in [2.75, 3.05) is 52.0 Å². The highest BCUT2D eigenvalue weighted by Gasteiger charge is 2.36. The lowest BCUT2D eigenvalue weighted by atomic mass is 10.1. The van der Waals surface area contributed by atoms with E-state index < -0.39 is 64.6 Å². The third-order valence-electron chi connectivity index (χ3n) is 7.17. The number of aryl methyl sites for hydroxylation is 1. The lowest BCUT2D eigenvalue weighted by Gasteiger charge is -2.32. The zero-order valence-electron chi connectivity index (χ0n) is 29.7. The minimum atomic E-state index is -4.24. The zero-order chi connectivity index (χ0) is 38.1. The van der Waals surface area contributed by atoms with Crippen molar-refractivity contribution in [3.8, 4) is 11.3 Å². The van der Waals surface area contributed by atoms with Gasteiger partial charge >= 0.3 is 21.7 Å². The van der Waals surface area contributed by atoms with Crippen molar-refractivity contribution in [1.82, 2.24) is 10.1 Å². The number of hydrogen-bond acceptors (Lipinski definition) is 13. The highest BCUT2D eigenvalue weighted by molar-refractivity contribution is 7.48. The summed E-state index contributed by atoms with van der Waals surface area (Å²) in [6.07, 6.45) is -2.90. The molecule has 0 aliphatic carbocycles. The molecule has 52 heavy (non-hydrogen) atoms. The standard InChI is InChI=1S/C33H45F2N3O12P2/c1-6-44-51(41,45-7-2)48-23-27(50-52(42,46-8-3)47-9-4)20-26(38(5)31(39)19-18-25-16-13-17-28(34)32(25)35)22-43-33(40)36-30-21-29(49-37-30)24-14-11-10-12-15-24/h10-17,21,26-27H,6-9,18-20,22-23H2,1-5H3,(H,36,37,40)/t26-,27+/m0/s1. The summed E-state index contributed by atoms with van der Waals surface area (Å²) in [6.45, 7) is 5.12. The van der Waals surface area contributed by atoms with Crippen LogP contribution in [0.4, 0.5) is 19.4 Å². The van der Waals surface area contributed by atoms with Gasteiger partial charge in [-0.1, -0.05) is 47.6 Å². The number of benzene rings is 2. The van der Waals surface area contributed by atoms with Gasteiger partial charge in [0.2, 0.25) is 5.91 Å². The largest absolute Gasteiger partial charge is 0.475 e. The number of phosphoric acid groups is 2. The number of anilines is 1. The molecule has 0 saturated heterocycles. The fourth-order valence-corrected chi connectivity index (χ4v) is 7.28. The van der Waals surface area contributed by atoms with E-state index in [0.717, 1.165) is 11.6 Å². The van der Waals surface area contributed by atoms with Crippen LogP contribution in [-0.2, 0) is 52.2 Å². The van der Waals surface area contributed by atoms with Crippen LogP contribution in [0.2, 0.25) is 0 Å². The molecule has 0 aliphatic heterocycles. The number of likely N-dealkylation sites (N-methyl/N-ethyl adjacent to an activating group) is 1. The fourth-order valence-electron chi connectivity index (χ4n) is 4.73. The van der Waals surface area contributed by atoms with E-state index in [4.69, 9.17) is 36.4 Å². The summed E-state index contributed by atoms with van der Waals surface area (Å²) in [7, 11) is -6.95. The quantitative estimate of drug-likeness (QED) is 0.0926. The Morgan fingerprint density at radius 1 is 0.865 bits per heavy atom. The molecular weight excluding hydrogens is 730 g/mol. The Kier molecular flexibility index (Phi) is 17.5. The van der Waals surface area contributed by atoms with Crippen LogP contribution < -0.4 is 5.32 Å². The first-order valence-corrected chi connectivity index (χ1v) is 19.5. The van der Waals surface area contributed by atoms with Crippen LogP contribution in [0.15, 0.2) is 59.1 Å². The number of halogens is 2. The molecule has 0 bridgehead atoms. The van der Waals surface area contributed by atoms with Crippen LogP contribution in [0.25, 0.3) is 11.3 Å². The lowest BCUT2D eigenvalue weighted by Crippen LogP contribution is -2.44. The van der Waals surface area contributed by atoms with Crippen molar-refractivity contribution in [2.24, 2.45) is 0 Å². The molecule has 19 heteroatoms. The number of nitrogens with one attached hydrogen (secondary N) is 1. The van der Waals surface area contributed by atoms with Gasteiger partial charge in [0.15, 0.2) is 23.2 Å². The monoisotopic (exact) mass is 775 g/mol. The van der Waals surface area contributed by atoms with E-state index in [1.165, 1.54) is 30.1 Å². The second kappa shape index (κ2) is 21.2. The maximum atomic E-state index is 14.3. The number of carbonyl (C=O) groups excluding carboxylic acids is 2. The van der Waals surface area contributed by atoms with Gasteiger partial charge in [-0.25, -0.2) is 22.7 Å². The van der Waals surface area contributed by atoms with Crippen molar-refractivity contribution >= 4 is 33.5 Å². The molecule has 2 amide bonds. The second-order valence-corrected chi connectivity index (χ2v) is 14.2. The van der Waals surface area contributed by atoms with Gasteiger partial charge in [-0.2, -0.15) is 0 Å². The van der Waals surface area contributed by atoms with E-state index in [2.05, 4.69) is 10.5 Å². The van der Waals surface area contributed by atoms with Crippen molar-refractivity contribution in [3.05, 3.63) is 71.8 Å². The second-order valence-electron chi connectivity index (χ2n) is 10.9. The Labute approximate surface area is 301 Å². The molecule has 0 fully saturated rings. The first-order valence-electron chi connectivity index (χ1n) is 16.6. The number of hydrogen-bond donors (Lipinski definition) is 1. The normalized spacial score (nSPS) is 13.1. The zero-order valence-corrected chi connectivity index (χ0v) is 31.4. The number of carbonyl (C=O) groups is 2. The Morgan fingerprint density at radius 3 is 2.13 bits per heavy atom. The molecule has 2 atom stereocenters. The van der Waals surface area contributed by atoms with Crippen LogP contribution in [0, 0.1) is 11.6 Å². The van der Waals surface area contributed by atoms with Gasteiger partial charge in [0.1, 0.15) is 6.61 Å². The Balaban J connectivity index is 1.85. The van der Waals surface area contributed by atoms with Gasteiger partial charge in [0.05, 0.1) is 45.2 Å². The smallest absolute Gasteiger partial charge is 0.447 e. The van der Waals surface area contributed by atoms with Crippen LogP contribution in [0.1, 0.15) is 46.1 Å². The highest BCUT2D eigenvalue weighted by Crippen LogP contribution is 2.53. The SMILES string of the molecule is CCOP(=O)(OCC)OC[C@@H](C[C@@H](COC(=O)Nc1cc(-c2ccccc2)on1)N(C)C(=O)CCc1cccc(F)c1F)OP(=O)(OCC)OCC. The number of aromatic nitrogens is 1. The van der Waals surface area contributed by atoms with E-state index in [-0.39, 0.29) is 57.1 Å². The predicted molar refractivity (Wildman–Crippen MR) is 185 cm³/mol. The van der Waals surface area contributed by atoms with Crippen molar-refractivity contribution in [2.45, 2.75) is 59.1 Å².